The van der Waals surface area contributed by atoms with Crippen LogP contribution in [0.15, 0.2) is 35.5 Å². The van der Waals surface area contributed by atoms with Gasteiger partial charge in [0.1, 0.15) is 10.7 Å². The number of hydrogen-bond acceptors (Lipinski definition) is 5. The molecule has 2 heterocycles. The predicted molar refractivity (Wildman–Crippen MR) is 85.5 cm³/mol. The molecule has 2 aromatic rings. The fraction of sp³-hybridized carbons (Fsp3) is 0.333. The van der Waals surface area contributed by atoms with Gasteiger partial charge in [0.05, 0.1) is 23.5 Å². The Bertz CT molecular complexity index is 890. The van der Waals surface area contributed by atoms with E-state index in [9.17, 15) is 17.6 Å². The maximum absolute atomic E-state index is 13.7. The van der Waals surface area contributed by atoms with Crippen molar-refractivity contribution >= 4 is 21.7 Å². The summed E-state index contributed by atoms with van der Waals surface area (Å²) in [5.74, 6) is -2.45. The summed E-state index contributed by atoms with van der Waals surface area (Å²) in [5, 5.41) is 12.9. The molecule has 10 heteroatoms. The van der Waals surface area contributed by atoms with E-state index in [1.54, 1.807) is 4.68 Å². The van der Waals surface area contributed by atoms with Gasteiger partial charge in [-0.05, 0) is 31.0 Å². The van der Waals surface area contributed by atoms with Crippen LogP contribution in [0, 0.1) is 5.82 Å². The molecule has 0 amide bonds. The largest absolute Gasteiger partial charge is 0.478 e. The van der Waals surface area contributed by atoms with Gasteiger partial charge in [0.15, 0.2) is 0 Å². The number of nitrogens with one attached hydrogen (secondary N) is 1. The third-order valence-corrected chi connectivity index (χ3v) is 5.24. The second-order valence-corrected chi connectivity index (χ2v) is 7.29. The van der Waals surface area contributed by atoms with E-state index in [0.717, 1.165) is 25.0 Å². The number of sulfonamides is 1. The van der Waals surface area contributed by atoms with Crippen LogP contribution in [0.25, 0.3) is 0 Å². The van der Waals surface area contributed by atoms with Crippen LogP contribution in [-0.4, -0.2) is 42.5 Å². The lowest BCUT2D eigenvalue weighted by molar-refractivity contribution is 0.0661. The molecule has 8 nitrogen and oxygen atoms in total. The first-order chi connectivity index (χ1) is 11.9. The molecule has 134 valence electrons. The molecule has 0 radical (unpaired) electrons. The number of aromatic nitrogens is 2. The Balaban J connectivity index is 1.79. The topological polar surface area (TPSA) is 111 Å². The summed E-state index contributed by atoms with van der Waals surface area (Å²) in [6.45, 7) is 1.19. The minimum absolute atomic E-state index is 0.0540. The molecule has 1 aliphatic rings. The lowest BCUT2D eigenvalue weighted by atomic mass is 10.1. The highest BCUT2D eigenvalue weighted by molar-refractivity contribution is 7.92. The van der Waals surface area contributed by atoms with Crippen molar-refractivity contribution < 1.29 is 27.4 Å². The number of halogens is 1. The zero-order valence-corrected chi connectivity index (χ0v) is 13.9. The highest BCUT2D eigenvalue weighted by Crippen LogP contribution is 2.23. The number of nitrogens with zero attached hydrogens (tertiary/aromatic N) is 2. The van der Waals surface area contributed by atoms with Crippen LogP contribution in [0.3, 0.4) is 0 Å². The molecule has 0 aliphatic carbocycles. The normalized spacial score (nSPS) is 15.9. The Morgan fingerprint density at radius 3 is 2.72 bits per heavy atom. The van der Waals surface area contributed by atoms with Crippen molar-refractivity contribution in [2.75, 3.05) is 17.9 Å². The summed E-state index contributed by atoms with van der Waals surface area (Å²) >= 11 is 0. The van der Waals surface area contributed by atoms with Crippen molar-refractivity contribution in [3.05, 3.63) is 42.0 Å². The van der Waals surface area contributed by atoms with Gasteiger partial charge in [-0.2, -0.15) is 5.10 Å². The second-order valence-electron chi connectivity index (χ2n) is 5.60. The van der Waals surface area contributed by atoms with Crippen LogP contribution in [0.2, 0.25) is 0 Å². The Morgan fingerprint density at radius 2 is 2.08 bits per heavy atom. The summed E-state index contributed by atoms with van der Waals surface area (Å²) in [7, 11) is -3.96. The summed E-state index contributed by atoms with van der Waals surface area (Å²) in [6.07, 6.45) is 4.13. The van der Waals surface area contributed by atoms with Crippen molar-refractivity contribution in [3.63, 3.8) is 0 Å². The van der Waals surface area contributed by atoms with Gasteiger partial charge in [-0.25, -0.2) is 17.6 Å². The summed E-state index contributed by atoms with van der Waals surface area (Å²) in [4.78, 5) is 10.7. The lowest BCUT2D eigenvalue weighted by Gasteiger charge is -2.22. The monoisotopic (exact) mass is 369 g/mol. The molecule has 3 rings (SSSR count). The minimum Gasteiger partial charge on any atom is -0.478 e. The first kappa shape index (κ1) is 17.4. The number of aromatic carboxylic acids is 1. The number of carbonyl (C=O) groups is 1. The van der Waals surface area contributed by atoms with E-state index in [1.165, 1.54) is 18.5 Å². The zero-order valence-electron chi connectivity index (χ0n) is 13.1. The quantitative estimate of drug-likeness (QED) is 0.832. The highest BCUT2D eigenvalue weighted by Gasteiger charge is 2.22. The SMILES string of the molecule is O=C(O)c1ccc(NS(=O)(=O)c2cnn(C3CCOCC3)c2)cc1F. The maximum atomic E-state index is 13.7. The molecule has 1 saturated heterocycles. The first-order valence-corrected chi connectivity index (χ1v) is 9.03. The van der Waals surface area contributed by atoms with E-state index in [2.05, 4.69) is 9.82 Å². The molecule has 2 N–H and O–H groups in total. The average Bonchev–Trinajstić information content (AvgIpc) is 3.06. The van der Waals surface area contributed by atoms with Gasteiger partial charge in [-0.1, -0.05) is 0 Å². The van der Waals surface area contributed by atoms with Crippen LogP contribution in [0.4, 0.5) is 10.1 Å². The molecular formula is C15H16FN3O5S. The predicted octanol–water partition coefficient (Wildman–Crippen LogP) is 1.87. The van der Waals surface area contributed by atoms with Crippen LogP contribution in [-0.2, 0) is 14.8 Å². The Kier molecular flexibility index (Phi) is 4.73. The number of benzene rings is 1. The number of ether oxygens (including phenoxy) is 1. The maximum Gasteiger partial charge on any atom is 0.338 e. The molecule has 1 aliphatic heterocycles. The third-order valence-electron chi connectivity index (χ3n) is 3.90. The zero-order chi connectivity index (χ0) is 18.0. The number of hydrogen-bond donors (Lipinski definition) is 2. The van der Waals surface area contributed by atoms with E-state index < -0.39 is 27.4 Å². The Morgan fingerprint density at radius 1 is 1.36 bits per heavy atom. The van der Waals surface area contributed by atoms with Crippen LogP contribution in [0.1, 0.15) is 29.2 Å². The van der Waals surface area contributed by atoms with Gasteiger partial charge >= 0.3 is 5.97 Å². The van der Waals surface area contributed by atoms with Crippen LogP contribution >= 0.6 is 0 Å². The van der Waals surface area contributed by atoms with Crippen LogP contribution in [0.5, 0.6) is 0 Å². The molecule has 25 heavy (non-hydrogen) atoms. The summed E-state index contributed by atoms with van der Waals surface area (Å²) < 4.78 is 47.6. The van der Waals surface area contributed by atoms with Crippen molar-refractivity contribution in [1.82, 2.24) is 9.78 Å². The lowest BCUT2D eigenvalue weighted by Crippen LogP contribution is -2.20. The molecule has 1 aromatic heterocycles. The van der Waals surface area contributed by atoms with Crippen molar-refractivity contribution in [3.8, 4) is 0 Å². The second kappa shape index (κ2) is 6.81. The Hall–Kier alpha value is -2.46. The fourth-order valence-electron chi connectivity index (χ4n) is 2.57. The molecule has 0 saturated carbocycles. The summed E-state index contributed by atoms with van der Waals surface area (Å²) in [5.41, 5.74) is -0.600. The molecule has 1 fully saturated rings. The summed E-state index contributed by atoms with van der Waals surface area (Å²) in [6, 6.07) is 3.09. The van der Waals surface area contributed by atoms with E-state index >= 15 is 0 Å². The first-order valence-electron chi connectivity index (χ1n) is 7.54. The molecule has 0 spiro atoms. The van der Waals surface area contributed by atoms with E-state index in [-0.39, 0.29) is 16.6 Å². The molecule has 1 aromatic carbocycles. The molecule has 0 atom stereocenters. The minimum atomic E-state index is -3.96. The van der Waals surface area contributed by atoms with Crippen molar-refractivity contribution in [1.29, 1.82) is 0 Å². The van der Waals surface area contributed by atoms with Crippen molar-refractivity contribution in [2.24, 2.45) is 0 Å². The smallest absolute Gasteiger partial charge is 0.338 e. The van der Waals surface area contributed by atoms with Gasteiger partial charge < -0.3 is 9.84 Å². The number of anilines is 1. The molecule has 0 unspecified atom stereocenters. The Labute approximate surface area is 143 Å². The van der Waals surface area contributed by atoms with Gasteiger partial charge in [-0.3, -0.25) is 9.40 Å². The average molecular weight is 369 g/mol. The number of rotatable bonds is 5. The van der Waals surface area contributed by atoms with Gasteiger partial charge in [0, 0.05) is 19.4 Å². The van der Waals surface area contributed by atoms with Gasteiger partial charge in [-0.15, -0.1) is 0 Å². The highest BCUT2D eigenvalue weighted by atomic mass is 32.2. The van der Waals surface area contributed by atoms with E-state index in [4.69, 9.17) is 9.84 Å². The number of carboxylic acid groups (broad SMARTS) is 1. The van der Waals surface area contributed by atoms with Crippen molar-refractivity contribution in [2.45, 2.75) is 23.8 Å². The van der Waals surface area contributed by atoms with Gasteiger partial charge in [0.25, 0.3) is 10.0 Å². The van der Waals surface area contributed by atoms with E-state index in [1.807, 2.05) is 0 Å². The molecule has 0 bridgehead atoms. The third kappa shape index (κ3) is 3.80. The fourth-order valence-corrected chi connectivity index (χ4v) is 3.56. The standard InChI is InChI=1S/C15H16FN3O5S/c16-14-7-10(1-2-13(14)15(20)21)18-25(22,23)12-8-17-19(9-12)11-3-5-24-6-4-11/h1-2,7-9,11,18H,3-6H2,(H,20,21). The van der Waals surface area contributed by atoms with E-state index in [0.29, 0.717) is 13.2 Å². The van der Waals surface area contributed by atoms with Crippen LogP contribution < -0.4 is 4.72 Å². The number of carboxylic acids is 1. The van der Waals surface area contributed by atoms with Gasteiger partial charge in [0.2, 0.25) is 0 Å². The molecular weight excluding hydrogens is 353 g/mol.